The van der Waals surface area contributed by atoms with Crippen molar-refractivity contribution in [3.8, 4) is 0 Å². The summed E-state index contributed by atoms with van der Waals surface area (Å²) in [5.74, 6) is 0.554. The molecule has 1 unspecified atom stereocenters. The number of aliphatic hydroxyl groups excluding tert-OH is 1. The van der Waals surface area contributed by atoms with Crippen LogP contribution in [0.2, 0.25) is 0 Å². The van der Waals surface area contributed by atoms with Crippen molar-refractivity contribution in [2.45, 2.75) is 12.3 Å². The lowest BCUT2D eigenvalue weighted by Crippen LogP contribution is -2.14. The Morgan fingerprint density at radius 3 is 2.70 bits per heavy atom. The molecule has 20 heavy (non-hydrogen) atoms. The van der Waals surface area contributed by atoms with E-state index in [1.807, 2.05) is 0 Å². The molecule has 0 saturated carbocycles. The second-order valence-corrected chi connectivity index (χ2v) is 4.39. The molecule has 2 rings (SSSR count). The van der Waals surface area contributed by atoms with Crippen molar-refractivity contribution in [1.82, 2.24) is 9.78 Å². The molecule has 0 aliphatic heterocycles. The summed E-state index contributed by atoms with van der Waals surface area (Å²) in [6.45, 7) is 0.0817. The van der Waals surface area contributed by atoms with Crippen LogP contribution in [0.4, 0.5) is 19.0 Å². The van der Waals surface area contributed by atoms with E-state index >= 15 is 0 Å². The number of aliphatic hydroxyl groups is 1. The molecule has 0 aliphatic rings. The van der Waals surface area contributed by atoms with Crippen molar-refractivity contribution in [2.24, 2.45) is 7.05 Å². The Balaban J connectivity index is 2.03. The van der Waals surface area contributed by atoms with Gasteiger partial charge in [-0.1, -0.05) is 12.1 Å². The number of aromatic nitrogens is 2. The molecule has 1 aromatic carbocycles. The van der Waals surface area contributed by atoms with Crippen molar-refractivity contribution in [2.75, 3.05) is 11.9 Å². The minimum atomic E-state index is -4.41. The monoisotopic (exact) mass is 285 g/mol. The third-order valence-corrected chi connectivity index (χ3v) is 2.79. The van der Waals surface area contributed by atoms with Gasteiger partial charge in [0.25, 0.3) is 0 Å². The first kappa shape index (κ1) is 14.4. The maximum Gasteiger partial charge on any atom is 0.416 e. The molecule has 1 atom stereocenters. The molecule has 0 radical (unpaired) electrons. The smallest absolute Gasteiger partial charge is 0.387 e. The van der Waals surface area contributed by atoms with Crippen LogP contribution in [0.5, 0.6) is 0 Å². The van der Waals surface area contributed by atoms with Crippen LogP contribution in [0.1, 0.15) is 17.2 Å². The van der Waals surface area contributed by atoms with Crippen LogP contribution in [0.15, 0.2) is 36.5 Å². The van der Waals surface area contributed by atoms with Crippen molar-refractivity contribution in [3.63, 3.8) is 0 Å². The number of hydrogen-bond donors (Lipinski definition) is 2. The molecular formula is C13H14F3N3O. The molecule has 1 aromatic heterocycles. The maximum atomic E-state index is 12.6. The van der Waals surface area contributed by atoms with Crippen molar-refractivity contribution < 1.29 is 18.3 Å². The van der Waals surface area contributed by atoms with Gasteiger partial charge in [-0.25, -0.2) is 0 Å². The first-order valence-electron chi connectivity index (χ1n) is 5.95. The van der Waals surface area contributed by atoms with Gasteiger partial charge >= 0.3 is 6.18 Å². The predicted molar refractivity (Wildman–Crippen MR) is 68.1 cm³/mol. The van der Waals surface area contributed by atoms with E-state index < -0.39 is 17.8 Å². The van der Waals surface area contributed by atoms with Gasteiger partial charge < -0.3 is 10.4 Å². The standard InChI is InChI=1S/C13H14F3N3O/c1-19-6-5-12(18-19)17-8-11(20)9-3-2-4-10(7-9)13(14,15)16/h2-7,11,20H,8H2,1H3,(H,17,18). The molecule has 1 heterocycles. The number of rotatable bonds is 4. The predicted octanol–water partition coefficient (Wildman–Crippen LogP) is 2.58. The number of benzene rings is 1. The van der Waals surface area contributed by atoms with E-state index in [9.17, 15) is 18.3 Å². The van der Waals surface area contributed by atoms with E-state index in [1.54, 1.807) is 24.0 Å². The van der Waals surface area contributed by atoms with Crippen LogP contribution < -0.4 is 5.32 Å². The topological polar surface area (TPSA) is 50.1 Å². The summed E-state index contributed by atoms with van der Waals surface area (Å²) < 4.78 is 39.3. The number of alkyl halides is 3. The third kappa shape index (κ3) is 3.51. The summed E-state index contributed by atoms with van der Waals surface area (Å²) in [7, 11) is 1.74. The van der Waals surface area contributed by atoms with Gasteiger partial charge in [0, 0.05) is 25.9 Å². The Morgan fingerprint density at radius 1 is 1.35 bits per heavy atom. The maximum absolute atomic E-state index is 12.6. The molecule has 0 aliphatic carbocycles. The Labute approximate surface area is 113 Å². The fourth-order valence-corrected chi connectivity index (χ4v) is 1.75. The van der Waals surface area contributed by atoms with E-state index in [2.05, 4.69) is 10.4 Å². The third-order valence-electron chi connectivity index (χ3n) is 2.79. The summed E-state index contributed by atoms with van der Waals surface area (Å²) in [4.78, 5) is 0. The summed E-state index contributed by atoms with van der Waals surface area (Å²) in [6, 6.07) is 6.37. The molecule has 2 aromatic rings. The summed E-state index contributed by atoms with van der Waals surface area (Å²) in [5, 5.41) is 16.8. The molecule has 2 N–H and O–H groups in total. The fraction of sp³-hybridized carbons (Fsp3) is 0.308. The number of anilines is 1. The van der Waals surface area contributed by atoms with Crippen molar-refractivity contribution in [3.05, 3.63) is 47.7 Å². The Morgan fingerprint density at radius 2 is 2.10 bits per heavy atom. The highest BCUT2D eigenvalue weighted by molar-refractivity contribution is 5.34. The zero-order chi connectivity index (χ0) is 14.8. The van der Waals surface area contributed by atoms with Gasteiger partial charge in [0.1, 0.15) is 5.82 Å². The van der Waals surface area contributed by atoms with E-state index in [0.717, 1.165) is 12.1 Å². The van der Waals surface area contributed by atoms with Crippen LogP contribution in [0, 0.1) is 0 Å². The Bertz CT molecular complexity index is 580. The average molecular weight is 285 g/mol. The normalized spacial score (nSPS) is 13.2. The van der Waals surface area contributed by atoms with Crippen LogP contribution in [-0.2, 0) is 13.2 Å². The van der Waals surface area contributed by atoms with Gasteiger partial charge in [-0.3, -0.25) is 4.68 Å². The molecule has 108 valence electrons. The lowest BCUT2D eigenvalue weighted by atomic mass is 10.1. The molecule has 0 fully saturated rings. The molecular weight excluding hydrogens is 271 g/mol. The molecule has 0 amide bonds. The van der Waals surface area contributed by atoms with Gasteiger partial charge in [-0.05, 0) is 17.7 Å². The minimum absolute atomic E-state index is 0.0817. The summed E-state index contributed by atoms with van der Waals surface area (Å²) in [5.41, 5.74) is -0.560. The van der Waals surface area contributed by atoms with Crippen LogP contribution >= 0.6 is 0 Å². The number of hydrogen-bond acceptors (Lipinski definition) is 3. The number of nitrogens with one attached hydrogen (secondary N) is 1. The van der Waals surface area contributed by atoms with Gasteiger partial charge in [0.15, 0.2) is 0 Å². The van der Waals surface area contributed by atoms with E-state index in [1.165, 1.54) is 12.1 Å². The number of aryl methyl sites for hydroxylation is 1. The first-order chi connectivity index (χ1) is 9.36. The fourth-order valence-electron chi connectivity index (χ4n) is 1.75. The average Bonchev–Trinajstić information content (AvgIpc) is 2.81. The lowest BCUT2D eigenvalue weighted by molar-refractivity contribution is -0.137. The molecule has 4 nitrogen and oxygen atoms in total. The van der Waals surface area contributed by atoms with E-state index in [-0.39, 0.29) is 12.1 Å². The van der Waals surface area contributed by atoms with Gasteiger partial charge in [0.2, 0.25) is 0 Å². The molecule has 0 spiro atoms. The van der Waals surface area contributed by atoms with Crippen LogP contribution in [0.25, 0.3) is 0 Å². The minimum Gasteiger partial charge on any atom is -0.387 e. The van der Waals surface area contributed by atoms with Gasteiger partial charge in [0.05, 0.1) is 11.7 Å². The molecule has 0 saturated heterocycles. The van der Waals surface area contributed by atoms with Crippen molar-refractivity contribution in [1.29, 1.82) is 0 Å². The van der Waals surface area contributed by atoms with Crippen LogP contribution in [0.3, 0.4) is 0 Å². The van der Waals surface area contributed by atoms with Crippen LogP contribution in [-0.4, -0.2) is 21.4 Å². The highest BCUT2D eigenvalue weighted by Crippen LogP contribution is 2.30. The number of nitrogens with zero attached hydrogens (tertiary/aromatic N) is 2. The Kier molecular flexibility index (Phi) is 3.99. The SMILES string of the molecule is Cn1ccc(NCC(O)c2cccc(C(F)(F)F)c2)n1. The van der Waals surface area contributed by atoms with E-state index in [4.69, 9.17) is 0 Å². The van der Waals surface area contributed by atoms with Crippen molar-refractivity contribution >= 4 is 5.82 Å². The highest BCUT2D eigenvalue weighted by Gasteiger charge is 2.30. The summed E-state index contributed by atoms with van der Waals surface area (Å²) >= 11 is 0. The summed E-state index contributed by atoms with van der Waals surface area (Å²) in [6.07, 6.45) is -3.73. The zero-order valence-corrected chi connectivity index (χ0v) is 10.7. The van der Waals surface area contributed by atoms with Gasteiger partial charge in [-0.2, -0.15) is 18.3 Å². The van der Waals surface area contributed by atoms with E-state index in [0.29, 0.717) is 5.82 Å². The lowest BCUT2D eigenvalue weighted by Gasteiger charge is -2.14. The second-order valence-electron chi connectivity index (χ2n) is 4.39. The highest BCUT2D eigenvalue weighted by atomic mass is 19.4. The quantitative estimate of drug-likeness (QED) is 0.907. The molecule has 7 heteroatoms. The van der Waals surface area contributed by atoms with Gasteiger partial charge in [-0.15, -0.1) is 0 Å². The largest absolute Gasteiger partial charge is 0.416 e. The zero-order valence-electron chi connectivity index (χ0n) is 10.7. The first-order valence-corrected chi connectivity index (χ1v) is 5.95. The molecule has 0 bridgehead atoms. The second kappa shape index (κ2) is 5.54. The number of halogens is 3. The Hall–Kier alpha value is -2.02.